The number of hydrogen-bond acceptors (Lipinski definition) is 6. The van der Waals surface area contributed by atoms with E-state index in [1.54, 1.807) is 6.07 Å². The number of carbonyl (C=O) groups excluding carboxylic acids is 1. The highest BCUT2D eigenvalue weighted by molar-refractivity contribution is 9.10. The van der Waals surface area contributed by atoms with Gasteiger partial charge in [0, 0.05) is 25.4 Å². The van der Waals surface area contributed by atoms with Crippen LogP contribution in [-0.4, -0.2) is 75.0 Å². The summed E-state index contributed by atoms with van der Waals surface area (Å²) in [6.45, 7) is 4.90. The first-order chi connectivity index (χ1) is 14.0. The minimum atomic E-state index is -0.455. The Kier molecular flexibility index (Phi) is 8.44. The third kappa shape index (κ3) is 5.76. The van der Waals surface area contributed by atoms with Crippen LogP contribution < -0.4 is 20.1 Å². The van der Waals surface area contributed by atoms with Crippen LogP contribution in [0.1, 0.15) is 29.6 Å². The van der Waals surface area contributed by atoms with E-state index in [1.165, 1.54) is 0 Å². The van der Waals surface area contributed by atoms with Gasteiger partial charge in [-0.25, -0.2) is 0 Å². The maximum Gasteiger partial charge on any atom is 0.255 e. The maximum absolute atomic E-state index is 12.9. The Bertz CT molecular complexity index is 721. The summed E-state index contributed by atoms with van der Waals surface area (Å²) in [5, 5.41) is 17.0. The fourth-order valence-electron chi connectivity index (χ4n) is 3.72. The van der Waals surface area contributed by atoms with Crippen LogP contribution in [0.3, 0.4) is 0 Å². The molecule has 1 saturated heterocycles. The molecule has 0 aromatic heterocycles. The molecule has 7 nitrogen and oxygen atoms in total. The quantitative estimate of drug-likeness (QED) is 0.509. The first-order valence-corrected chi connectivity index (χ1v) is 11.3. The molecule has 0 bridgehead atoms. The van der Waals surface area contributed by atoms with Crippen LogP contribution in [0.4, 0.5) is 0 Å². The summed E-state index contributed by atoms with van der Waals surface area (Å²) in [7, 11) is 1.94. The van der Waals surface area contributed by atoms with Gasteiger partial charge >= 0.3 is 0 Å². The number of rotatable bonds is 7. The van der Waals surface area contributed by atoms with Gasteiger partial charge in [-0.2, -0.15) is 0 Å². The summed E-state index contributed by atoms with van der Waals surface area (Å²) in [6, 6.07) is 1.59. The lowest BCUT2D eigenvalue weighted by Gasteiger charge is -2.36. The Labute approximate surface area is 185 Å². The zero-order valence-electron chi connectivity index (χ0n) is 16.7. The number of halogens is 2. The van der Waals surface area contributed by atoms with Gasteiger partial charge in [0.2, 0.25) is 0 Å². The van der Waals surface area contributed by atoms with Gasteiger partial charge in [-0.05, 0) is 61.5 Å². The molecule has 0 radical (unpaired) electrons. The number of hydrogen-bond donors (Lipinski definition) is 3. The lowest BCUT2D eigenvalue weighted by atomic mass is 9.93. The number of piperidine rings is 1. The van der Waals surface area contributed by atoms with E-state index in [2.05, 4.69) is 31.5 Å². The molecule has 0 aliphatic carbocycles. The van der Waals surface area contributed by atoms with E-state index in [0.29, 0.717) is 52.9 Å². The highest BCUT2D eigenvalue weighted by Crippen LogP contribution is 2.44. The van der Waals surface area contributed by atoms with Gasteiger partial charge in [0.05, 0.1) is 34.4 Å². The SMILES string of the molecule is CNCCCN1CC[C@@H](CNC(=O)c2cc(Cl)c(Br)c3c2OCCCO3)[C@H](O)C1. The highest BCUT2D eigenvalue weighted by atomic mass is 79.9. The number of aliphatic hydroxyl groups is 1. The lowest BCUT2D eigenvalue weighted by Crippen LogP contribution is -2.48. The monoisotopic (exact) mass is 489 g/mol. The fourth-order valence-corrected chi connectivity index (χ4v) is 4.32. The van der Waals surface area contributed by atoms with Crippen molar-refractivity contribution >= 4 is 33.4 Å². The van der Waals surface area contributed by atoms with Crippen molar-refractivity contribution in [2.24, 2.45) is 5.92 Å². The highest BCUT2D eigenvalue weighted by Gasteiger charge is 2.29. The van der Waals surface area contributed by atoms with Crippen LogP contribution in [-0.2, 0) is 0 Å². The third-order valence-electron chi connectivity index (χ3n) is 5.39. The predicted molar refractivity (Wildman–Crippen MR) is 116 cm³/mol. The number of likely N-dealkylation sites (tertiary alicyclic amines) is 1. The van der Waals surface area contributed by atoms with E-state index in [9.17, 15) is 9.90 Å². The second-order valence-corrected chi connectivity index (χ2v) is 8.71. The molecule has 0 saturated carbocycles. The predicted octanol–water partition coefficient (Wildman–Crippen LogP) is 2.29. The number of nitrogens with one attached hydrogen (secondary N) is 2. The molecule has 1 aromatic rings. The lowest BCUT2D eigenvalue weighted by molar-refractivity contribution is 0.0218. The fraction of sp³-hybridized carbons (Fsp3) is 0.650. The minimum Gasteiger partial charge on any atom is -0.489 e. The summed E-state index contributed by atoms with van der Waals surface area (Å²) >= 11 is 9.69. The van der Waals surface area contributed by atoms with E-state index in [1.807, 2.05) is 7.05 Å². The molecule has 3 N–H and O–H groups in total. The van der Waals surface area contributed by atoms with Gasteiger partial charge < -0.3 is 30.1 Å². The second-order valence-electron chi connectivity index (χ2n) is 7.51. The molecule has 9 heteroatoms. The van der Waals surface area contributed by atoms with E-state index in [0.717, 1.165) is 38.9 Å². The Morgan fingerprint density at radius 2 is 2.14 bits per heavy atom. The van der Waals surface area contributed by atoms with Crippen molar-refractivity contribution in [1.82, 2.24) is 15.5 Å². The molecule has 1 aromatic carbocycles. The van der Waals surface area contributed by atoms with Crippen LogP contribution in [0.25, 0.3) is 0 Å². The van der Waals surface area contributed by atoms with E-state index >= 15 is 0 Å². The summed E-state index contributed by atoms with van der Waals surface area (Å²) < 4.78 is 12.1. The molecular formula is C20H29BrClN3O4. The van der Waals surface area contributed by atoms with E-state index < -0.39 is 6.10 Å². The van der Waals surface area contributed by atoms with Crippen LogP contribution in [0.2, 0.25) is 5.02 Å². The number of aliphatic hydroxyl groups excluding tert-OH is 1. The Balaban J connectivity index is 1.60. The zero-order chi connectivity index (χ0) is 20.8. The second kappa shape index (κ2) is 10.8. The Hall–Kier alpha value is -1.06. The third-order valence-corrected chi connectivity index (χ3v) is 6.70. The van der Waals surface area contributed by atoms with E-state index in [4.69, 9.17) is 21.1 Å². The van der Waals surface area contributed by atoms with Crippen molar-refractivity contribution in [3.63, 3.8) is 0 Å². The number of fused-ring (bicyclic) bond motifs is 1. The van der Waals surface area contributed by atoms with Gasteiger partial charge in [-0.1, -0.05) is 11.6 Å². The van der Waals surface area contributed by atoms with E-state index in [-0.39, 0.29) is 11.8 Å². The molecule has 1 fully saturated rings. The van der Waals surface area contributed by atoms with Crippen LogP contribution >= 0.6 is 27.5 Å². The van der Waals surface area contributed by atoms with Crippen molar-refractivity contribution in [2.75, 3.05) is 53.0 Å². The molecule has 2 aliphatic rings. The average Bonchev–Trinajstić information content (AvgIpc) is 2.96. The van der Waals surface area contributed by atoms with Crippen LogP contribution in [0.15, 0.2) is 10.5 Å². The minimum absolute atomic E-state index is 0.0289. The molecule has 2 aliphatic heterocycles. The molecule has 1 amide bonds. The smallest absolute Gasteiger partial charge is 0.255 e. The van der Waals surface area contributed by atoms with Crippen molar-refractivity contribution < 1.29 is 19.4 Å². The van der Waals surface area contributed by atoms with Gasteiger partial charge in [-0.15, -0.1) is 0 Å². The number of β-amino-alcohol motifs (C(OH)–C–C–N with tert-alkyl or cyclic N) is 1. The number of amides is 1. The summed E-state index contributed by atoms with van der Waals surface area (Å²) in [4.78, 5) is 15.1. The van der Waals surface area contributed by atoms with Crippen molar-refractivity contribution in [1.29, 1.82) is 0 Å². The van der Waals surface area contributed by atoms with Crippen molar-refractivity contribution in [3.8, 4) is 11.5 Å². The van der Waals surface area contributed by atoms with Crippen molar-refractivity contribution in [3.05, 3.63) is 21.1 Å². The number of benzene rings is 1. The first-order valence-electron chi connectivity index (χ1n) is 10.1. The molecule has 2 atom stereocenters. The zero-order valence-corrected chi connectivity index (χ0v) is 19.0. The summed E-state index contributed by atoms with van der Waals surface area (Å²) in [5.74, 6) is 0.636. The average molecular weight is 491 g/mol. The largest absolute Gasteiger partial charge is 0.489 e. The van der Waals surface area contributed by atoms with Gasteiger partial charge in [0.25, 0.3) is 5.91 Å². The molecule has 162 valence electrons. The normalized spacial score (nSPS) is 22.2. The summed E-state index contributed by atoms with van der Waals surface area (Å²) in [5.41, 5.74) is 0.356. The molecule has 0 spiro atoms. The molecule has 0 unspecified atom stereocenters. The van der Waals surface area contributed by atoms with Crippen molar-refractivity contribution in [2.45, 2.75) is 25.4 Å². The first kappa shape index (κ1) is 22.6. The topological polar surface area (TPSA) is 83.1 Å². The maximum atomic E-state index is 12.9. The van der Waals surface area contributed by atoms with Crippen LogP contribution in [0, 0.1) is 5.92 Å². The van der Waals surface area contributed by atoms with Gasteiger partial charge in [0.1, 0.15) is 0 Å². The molecule has 2 heterocycles. The number of ether oxygens (including phenoxy) is 2. The molecule has 29 heavy (non-hydrogen) atoms. The summed E-state index contributed by atoms with van der Waals surface area (Å²) in [6.07, 6.45) is 2.18. The van der Waals surface area contributed by atoms with Gasteiger partial charge in [-0.3, -0.25) is 4.79 Å². The van der Waals surface area contributed by atoms with Crippen LogP contribution in [0.5, 0.6) is 11.5 Å². The Morgan fingerprint density at radius 1 is 1.38 bits per heavy atom. The number of carbonyl (C=O) groups is 1. The number of nitrogens with zero attached hydrogens (tertiary/aromatic N) is 1. The van der Waals surface area contributed by atoms with Gasteiger partial charge in [0.15, 0.2) is 11.5 Å². The molecular weight excluding hydrogens is 462 g/mol. The standard InChI is InChI=1S/C20H29BrClN3O4/c1-23-5-2-6-25-7-4-13(16(26)12-25)11-24-20(27)14-10-15(22)17(21)19-18(14)28-8-3-9-29-19/h10,13,16,23,26H,2-9,11-12H2,1H3,(H,24,27)/t13-,16+/m0/s1. The molecule has 3 rings (SSSR count). The Morgan fingerprint density at radius 3 is 2.86 bits per heavy atom.